The molecule has 1 aromatic heterocycles. The zero-order valence-electron chi connectivity index (χ0n) is 9.50. The first kappa shape index (κ1) is 11.9. The molecule has 0 amide bonds. The summed E-state index contributed by atoms with van der Waals surface area (Å²) in [5.41, 5.74) is 2.26. The fourth-order valence-corrected chi connectivity index (χ4v) is 1.74. The Labute approximate surface area is 104 Å². The van der Waals surface area contributed by atoms with Gasteiger partial charge in [0, 0.05) is 11.3 Å². The van der Waals surface area contributed by atoms with Crippen molar-refractivity contribution in [2.75, 3.05) is 7.11 Å². The fraction of sp³-hybridized carbons (Fsp3) is 0.154. The average Bonchev–Trinajstić information content (AvgIpc) is 2.32. The van der Waals surface area contributed by atoms with Gasteiger partial charge in [-0.2, -0.15) is 0 Å². The SMILES string of the molecule is COc1ccc(C)nc1-c1ccc(F)c(Cl)c1. The van der Waals surface area contributed by atoms with Crippen LogP contribution in [0.25, 0.3) is 11.3 Å². The van der Waals surface area contributed by atoms with E-state index in [1.807, 2.05) is 19.1 Å². The summed E-state index contributed by atoms with van der Waals surface area (Å²) in [6, 6.07) is 8.18. The Morgan fingerprint density at radius 1 is 1.24 bits per heavy atom. The second-order valence-electron chi connectivity index (χ2n) is 3.63. The number of aromatic nitrogens is 1. The fourth-order valence-electron chi connectivity index (χ4n) is 1.56. The predicted molar refractivity (Wildman–Crippen MR) is 65.9 cm³/mol. The first-order valence-corrected chi connectivity index (χ1v) is 5.46. The van der Waals surface area contributed by atoms with Gasteiger partial charge < -0.3 is 4.74 Å². The monoisotopic (exact) mass is 251 g/mol. The van der Waals surface area contributed by atoms with Gasteiger partial charge in [0.15, 0.2) is 0 Å². The van der Waals surface area contributed by atoms with Crippen molar-refractivity contribution in [2.45, 2.75) is 6.92 Å². The molecule has 0 saturated heterocycles. The number of hydrogen-bond donors (Lipinski definition) is 0. The Kier molecular flexibility index (Phi) is 3.29. The quantitative estimate of drug-likeness (QED) is 0.809. The van der Waals surface area contributed by atoms with Crippen LogP contribution >= 0.6 is 11.6 Å². The molecule has 4 heteroatoms. The summed E-state index contributed by atoms with van der Waals surface area (Å²) in [5, 5.41) is 0.0767. The number of hydrogen-bond acceptors (Lipinski definition) is 2. The third-order valence-electron chi connectivity index (χ3n) is 2.41. The molecule has 0 bridgehead atoms. The molecule has 0 N–H and O–H groups in total. The molecule has 0 atom stereocenters. The standard InChI is InChI=1S/C13H11ClFNO/c1-8-3-6-12(17-2)13(16-8)9-4-5-11(15)10(14)7-9/h3-7H,1-2H3. The molecule has 88 valence electrons. The molecule has 0 fully saturated rings. The van der Waals surface area contributed by atoms with Gasteiger partial charge in [-0.05, 0) is 37.3 Å². The van der Waals surface area contributed by atoms with E-state index >= 15 is 0 Å². The molecule has 0 aliphatic rings. The molecule has 0 saturated carbocycles. The van der Waals surface area contributed by atoms with Gasteiger partial charge >= 0.3 is 0 Å². The second kappa shape index (κ2) is 4.72. The minimum Gasteiger partial charge on any atom is -0.494 e. The highest BCUT2D eigenvalue weighted by atomic mass is 35.5. The number of halogens is 2. The molecule has 2 aromatic rings. The third-order valence-corrected chi connectivity index (χ3v) is 2.70. The van der Waals surface area contributed by atoms with Crippen LogP contribution in [0.4, 0.5) is 4.39 Å². The highest BCUT2D eigenvalue weighted by Crippen LogP contribution is 2.30. The first-order valence-electron chi connectivity index (χ1n) is 5.09. The van der Waals surface area contributed by atoms with Crippen LogP contribution in [-0.2, 0) is 0 Å². The largest absolute Gasteiger partial charge is 0.494 e. The van der Waals surface area contributed by atoms with Crippen molar-refractivity contribution in [3.8, 4) is 17.0 Å². The van der Waals surface area contributed by atoms with E-state index in [2.05, 4.69) is 4.98 Å². The smallest absolute Gasteiger partial charge is 0.145 e. The minimum absolute atomic E-state index is 0.0767. The number of methoxy groups -OCH3 is 1. The van der Waals surface area contributed by atoms with Crippen LogP contribution in [0.5, 0.6) is 5.75 Å². The van der Waals surface area contributed by atoms with E-state index in [1.165, 1.54) is 6.07 Å². The lowest BCUT2D eigenvalue weighted by atomic mass is 10.1. The highest BCUT2D eigenvalue weighted by Gasteiger charge is 2.10. The van der Waals surface area contributed by atoms with Gasteiger partial charge in [0.1, 0.15) is 17.3 Å². The summed E-state index contributed by atoms with van der Waals surface area (Å²) < 4.78 is 18.3. The molecule has 1 heterocycles. The lowest BCUT2D eigenvalue weighted by molar-refractivity contribution is 0.414. The first-order chi connectivity index (χ1) is 8.11. The van der Waals surface area contributed by atoms with E-state index in [9.17, 15) is 4.39 Å². The molecule has 17 heavy (non-hydrogen) atoms. The van der Waals surface area contributed by atoms with Crippen molar-refractivity contribution >= 4 is 11.6 Å². The second-order valence-corrected chi connectivity index (χ2v) is 4.04. The van der Waals surface area contributed by atoms with Crippen LogP contribution in [-0.4, -0.2) is 12.1 Å². The van der Waals surface area contributed by atoms with Crippen LogP contribution in [0.1, 0.15) is 5.69 Å². The number of nitrogens with zero attached hydrogens (tertiary/aromatic N) is 1. The molecule has 0 radical (unpaired) electrons. The van der Waals surface area contributed by atoms with Crippen molar-refractivity contribution in [3.63, 3.8) is 0 Å². The molecule has 2 nitrogen and oxygen atoms in total. The lowest BCUT2D eigenvalue weighted by Crippen LogP contribution is -1.93. The van der Waals surface area contributed by atoms with Gasteiger partial charge in [-0.15, -0.1) is 0 Å². The summed E-state index contributed by atoms with van der Waals surface area (Å²) in [6.07, 6.45) is 0. The van der Waals surface area contributed by atoms with Gasteiger partial charge in [0.2, 0.25) is 0 Å². The summed E-state index contributed by atoms with van der Waals surface area (Å²) in [6.45, 7) is 1.88. The Balaban J connectivity index is 2.58. The highest BCUT2D eigenvalue weighted by molar-refractivity contribution is 6.31. The topological polar surface area (TPSA) is 22.1 Å². The number of benzene rings is 1. The molecule has 0 spiro atoms. The van der Waals surface area contributed by atoms with E-state index in [0.717, 1.165) is 11.3 Å². The van der Waals surface area contributed by atoms with E-state index in [-0.39, 0.29) is 5.02 Å². The zero-order chi connectivity index (χ0) is 12.4. The maximum Gasteiger partial charge on any atom is 0.145 e. The Morgan fingerprint density at radius 3 is 2.65 bits per heavy atom. The number of rotatable bonds is 2. The summed E-state index contributed by atoms with van der Waals surface area (Å²) in [4.78, 5) is 4.38. The molecular weight excluding hydrogens is 241 g/mol. The van der Waals surface area contributed by atoms with Gasteiger partial charge in [-0.3, -0.25) is 0 Å². The molecular formula is C13H11ClFNO. The van der Waals surface area contributed by atoms with Crippen LogP contribution in [0.3, 0.4) is 0 Å². The number of pyridine rings is 1. The normalized spacial score (nSPS) is 10.4. The summed E-state index contributed by atoms with van der Waals surface area (Å²) in [7, 11) is 1.57. The van der Waals surface area contributed by atoms with E-state index < -0.39 is 5.82 Å². The molecule has 0 unspecified atom stereocenters. The Morgan fingerprint density at radius 2 is 2.00 bits per heavy atom. The van der Waals surface area contributed by atoms with Gasteiger partial charge in [-0.1, -0.05) is 11.6 Å². The third kappa shape index (κ3) is 2.39. The molecule has 0 aliphatic heterocycles. The zero-order valence-corrected chi connectivity index (χ0v) is 10.3. The van der Waals surface area contributed by atoms with Crippen molar-refractivity contribution in [2.24, 2.45) is 0 Å². The number of aryl methyl sites for hydroxylation is 1. The van der Waals surface area contributed by atoms with Crippen LogP contribution < -0.4 is 4.74 Å². The predicted octanol–water partition coefficient (Wildman–Crippen LogP) is 3.86. The molecule has 0 aliphatic carbocycles. The van der Waals surface area contributed by atoms with E-state index in [4.69, 9.17) is 16.3 Å². The molecule has 2 rings (SSSR count). The Hall–Kier alpha value is -1.61. The van der Waals surface area contributed by atoms with Crippen LogP contribution in [0.2, 0.25) is 5.02 Å². The van der Waals surface area contributed by atoms with Crippen molar-refractivity contribution < 1.29 is 9.13 Å². The van der Waals surface area contributed by atoms with Crippen LogP contribution in [0.15, 0.2) is 30.3 Å². The average molecular weight is 252 g/mol. The van der Waals surface area contributed by atoms with Crippen molar-refractivity contribution in [3.05, 3.63) is 46.9 Å². The minimum atomic E-state index is -0.443. The lowest BCUT2D eigenvalue weighted by Gasteiger charge is -2.09. The maximum atomic E-state index is 13.1. The van der Waals surface area contributed by atoms with Gasteiger partial charge in [0.05, 0.1) is 12.1 Å². The number of ether oxygens (including phenoxy) is 1. The van der Waals surface area contributed by atoms with Crippen LogP contribution in [0, 0.1) is 12.7 Å². The summed E-state index contributed by atoms with van der Waals surface area (Å²) in [5.74, 6) is 0.195. The van der Waals surface area contributed by atoms with Crippen molar-refractivity contribution in [1.29, 1.82) is 0 Å². The van der Waals surface area contributed by atoms with Gasteiger partial charge in [0.25, 0.3) is 0 Å². The molecule has 1 aromatic carbocycles. The summed E-state index contributed by atoms with van der Waals surface area (Å²) >= 11 is 5.76. The maximum absolute atomic E-state index is 13.1. The van der Waals surface area contributed by atoms with E-state index in [1.54, 1.807) is 19.2 Å². The van der Waals surface area contributed by atoms with Gasteiger partial charge in [-0.25, -0.2) is 9.37 Å². The van der Waals surface area contributed by atoms with Crippen molar-refractivity contribution in [1.82, 2.24) is 4.98 Å². The Bertz CT molecular complexity index is 557. The van der Waals surface area contributed by atoms with E-state index in [0.29, 0.717) is 11.4 Å².